The summed E-state index contributed by atoms with van der Waals surface area (Å²) in [6, 6.07) is 18.2. The average molecular weight is 376 g/mol. The number of benzene rings is 2. The zero-order valence-corrected chi connectivity index (χ0v) is 15.7. The van der Waals surface area contributed by atoms with Gasteiger partial charge in [-0.3, -0.25) is 4.79 Å². The molecule has 0 radical (unpaired) electrons. The molecule has 28 heavy (non-hydrogen) atoms. The molecule has 6 nitrogen and oxygen atoms in total. The fourth-order valence-corrected chi connectivity index (χ4v) is 2.79. The maximum absolute atomic E-state index is 12.4. The van der Waals surface area contributed by atoms with Crippen LogP contribution in [-0.2, 0) is 12.8 Å². The zero-order valence-electron chi connectivity index (χ0n) is 15.7. The minimum absolute atomic E-state index is 0.220. The van der Waals surface area contributed by atoms with E-state index in [9.17, 15) is 4.79 Å². The average Bonchev–Trinajstić information content (AvgIpc) is 3.18. The Morgan fingerprint density at radius 3 is 2.54 bits per heavy atom. The Morgan fingerprint density at radius 2 is 1.86 bits per heavy atom. The van der Waals surface area contributed by atoms with Crippen molar-refractivity contribution in [2.75, 3.05) is 19.5 Å². The molecule has 1 heterocycles. The summed E-state index contributed by atoms with van der Waals surface area (Å²) < 4.78 is 16.3. The molecule has 2 aromatic carbocycles. The van der Waals surface area contributed by atoms with Gasteiger partial charge in [0.05, 0.1) is 26.7 Å². The van der Waals surface area contributed by atoms with Crippen LogP contribution in [0.3, 0.4) is 0 Å². The van der Waals surface area contributed by atoms with E-state index in [1.54, 1.807) is 38.5 Å². The van der Waals surface area contributed by atoms with Crippen molar-refractivity contribution in [3.05, 3.63) is 77.2 Å². The molecule has 0 bridgehead atoms. The van der Waals surface area contributed by atoms with Crippen LogP contribution in [0.25, 0.3) is 0 Å². The lowest BCUT2D eigenvalue weighted by atomic mass is 10.1. The highest BCUT2D eigenvalue weighted by Crippen LogP contribution is 2.27. The molecule has 0 atom stereocenters. The first-order valence-corrected chi connectivity index (χ1v) is 8.70. The third kappa shape index (κ3) is 4.51. The van der Waals surface area contributed by atoms with Gasteiger partial charge in [-0.2, -0.15) is 5.26 Å². The van der Waals surface area contributed by atoms with Gasteiger partial charge in [-0.1, -0.05) is 12.1 Å². The minimum Gasteiger partial charge on any atom is -0.497 e. The first-order chi connectivity index (χ1) is 13.6. The lowest BCUT2D eigenvalue weighted by Crippen LogP contribution is -2.10. The Balaban J connectivity index is 1.70. The third-order valence-corrected chi connectivity index (χ3v) is 4.23. The molecular formula is C22H20N2O4. The van der Waals surface area contributed by atoms with E-state index in [1.165, 1.54) is 0 Å². The standard InChI is InChI=1S/C22H20N2O4/c1-26-18-7-9-20(27-2)16(13-18)14-19-8-10-21(28-19)22(25)24-17-5-3-15(4-6-17)11-12-23/h3-10,13H,11,14H2,1-2H3,(H,24,25). The molecule has 1 N–H and O–H groups in total. The Morgan fingerprint density at radius 1 is 1.07 bits per heavy atom. The van der Waals surface area contributed by atoms with Gasteiger partial charge in [-0.05, 0) is 48.0 Å². The van der Waals surface area contributed by atoms with Crippen molar-refractivity contribution < 1.29 is 18.7 Å². The molecule has 1 aromatic heterocycles. The molecule has 0 aliphatic carbocycles. The summed E-state index contributed by atoms with van der Waals surface area (Å²) in [4.78, 5) is 12.4. The van der Waals surface area contributed by atoms with Crippen LogP contribution in [0.15, 0.2) is 59.0 Å². The molecule has 0 aliphatic heterocycles. The van der Waals surface area contributed by atoms with Gasteiger partial charge in [0.2, 0.25) is 0 Å². The van der Waals surface area contributed by atoms with Crippen LogP contribution in [0.1, 0.15) is 27.4 Å². The predicted octanol–water partition coefficient (Wildman–Crippen LogP) is 4.21. The molecule has 0 spiro atoms. The van der Waals surface area contributed by atoms with Gasteiger partial charge in [0.15, 0.2) is 5.76 Å². The number of methoxy groups -OCH3 is 2. The number of rotatable bonds is 7. The van der Waals surface area contributed by atoms with Gasteiger partial charge in [0.1, 0.15) is 17.3 Å². The number of amides is 1. The van der Waals surface area contributed by atoms with Gasteiger partial charge in [-0.15, -0.1) is 0 Å². The lowest BCUT2D eigenvalue weighted by molar-refractivity contribution is 0.0995. The molecule has 0 saturated heterocycles. The molecule has 142 valence electrons. The molecular weight excluding hydrogens is 356 g/mol. The molecule has 1 amide bonds. The SMILES string of the molecule is COc1ccc(OC)c(Cc2ccc(C(=O)Nc3ccc(CC#N)cc3)o2)c1. The van der Waals surface area contributed by atoms with E-state index >= 15 is 0 Å². The number of hydrogen-bond donors (Lipinski definition) is 1. The summed E-state index contributed by atoms with van der Waals surface area (Å²) in [7, 11) is 3.21. The van der Waals surface area contributed by atoms with E-state index in [0.29, 0.717) is 24.3 Å². The normalized spacial score (nSPS) is 10.2. The fraction of sp³-hybridized carbons (Fsp3) is 0.182. The number of nitrogens with one attached hydrogen (secondary N) is 1. The lowest BCUT2D eigenvalue weighted by Gasteiger charge is -2.09. The molecule has 6 heteroatoms. The smallest absolute Gasteiger partial charge is 0.291 e. The number of carbonyl (C=O) groups is 1. The van der Waals surface area contributed by atoms with Crippen LogP contribution in [0.4, 0.5) is 5.69 Å². The summed E-state index contributed by atoms with van der Waals surface area (Å²) in [6.45, 7) is 0. The van der Waals surface area contributed by atoms with Crippen molar-refractivity contribution in [1.29, 1.82) is 5.26 Å². The first kappa shape index (κ1) is 19.1. The Labute approximate surface area is 163 Å². The highest BCUT2D eigenvalue weighted by Gasteiger charge is 2.14. The van der Waals surface area contributed by atoms with Crippen molar-refractivity contribution in [2.24, 2.45) is 0 Å². The number of hydrogen-bond acceptors (Lipinski definition) is 5. The highest BCUT2D eigenvalue weighted by atomic mass is 16.5. The van der Waals surface area contributed by atoms with Gasteiger partial charge in [-0.25, -0.2) is 0 Å². The van der Waals surface area contributed by atoms with Gasteiger partial charge >= 0.3 is 0 Å². The van der Waals surface area contributed by atoms with Crippen LogP contribution < -0.4 is 14.8 Å². The Hall–Kier alpha value is -3.72. The van der Waals surface area contributed by atoms with E-state index in [0.717, 1.165) is 22.6 Å². The van der Waals surface area contributed by atoms with Gasteiger partial charge in [0.25, 0.3) is 5.91 Å². The van der Waals surface area contributed by atoms with E-state index in [4.69, 9.17) is 19.2 Å². The van der Waals surface area contributed by atoms with Gasteiger partial charge < -0.3 is 19.2 Å². The van der Waals surface area contributed by atoms with E-state index in [-0.39, 0.29) is 11.7 Å². The second-order valence-corrected chi connectivity index (χ2v) is 6.11. The van der Waals surface area contributed by atoms with Crippen molar-refractivity contribution >= 4 is 11.6 Å². The van der Waals surface area contributed by atoms with Crippen LogP contribution in [-0.4, -0.2) is 20.1 Å². The fourth-order valence-electron chi connectivity index (χ4n) is 2.79. The summed E-state index contributed by atoms with van der Waals surface area (Å²) in [5.41, 5.74) is 2.43. The second kappa shape index (κ2) is 8.78. The summed E-state index contributed by atoms with van der Waals surface area (Å²) in [5.74, 6) is 1.97. The van der Waals surface area contributed by atoms with Crippen LogP contribution in [0, 0.1) is 11.3 Å². The molecule has 0 saturated carbocycles. The van der Waals surface area contributed by atoms with E-state index in [2.05, 4.69) is 11.4 Å². The van der Waals surface area contributed by atoms with E-state index < -0.39 is 0 Å². The number of ether oxygens (including phenoxy) is 2. The maximum atomic E-state index is 12.4. The van der Waals surface area contributed by atoms with Crippen molar-refractivity contribution in [3.63, 3.8) is 0 Å². The third-order valence-electron chi connectivity index (χ3n) is 4.23. The maximum Gasteiger partial charge on any atom is 0.291 e. The van der Waals surface area contributed by atoms with Crippen molar-refractivity contribution in [1.82, 2.24) is 0 Å². The van der Waals surface area contributed by atoms with Crippen LogP contribution in [0.2, 0.25) is 0 Å². The monoisotopic (exact) mass is 376 g/mol. The summed E-state index contributed by atoms with van der Waals surface area (Å²) in [6.07, 6.45) is 0.806. The predicted molar refractivity (Wildman–Crippen MR) is 105 cm³/mol. The highest BCUT2D eigenvalue weighted by molar-refractivity contribution is 6.02. The number of carbonyl (C=O) groups excluding carboxylic acids is 1. The van der Waals surface area contributed by atoms with Crippen molar-refractivity contribution in [3.8, 4) is 17.6 Å². The van der Waals surface area contributed by atoms with Gasteiger partial charge in [0, 0.05) is 17.7 Å². The second-order valence-electron chi connectivity index (χ2n) is 6.11. The number of nitrogens with zero attached hydrogens (tertiary/aromatic N) is 1. The summed E-state index contributed by atoms with van der Waals surface area (Å²) in [5, 5.41) is 11.5. The molecule has 3 rings (SSSR count). The number of nitriles is 1. The minimum atomic E-state index is -0.336. The molecule has 3 aromatic rings. The zero-order chi connectivity index (χ0) is 19.9. The topological polar surface area (TPSA) is 84.5 Å². The number of furan rings is 1. The van der Waals surface area contributed by atoms with Crippen molar-refractivity contribution in [2.45, 2.75) is 12.8 Å². The number of anilines is 1. The summed E-state index contributed by atoms with van der Waals surface area (Å²) >= 11 is 0. The molecule has 0 unspecified atom stereocenters. The van der Waals surface area contributed by atoms with Crippen LogP contribution in [0.5, 0.6) is 11.5 Å². The largest absolute Gasteiger partial charge is 0.497 e. The Kier molecular flexibility index (Phi) is 5.97. The first-order valence-electron chi connectivity index (χ1n) is 8.70. The molecule has 0 fully saturated rings. The molecule has 0 aliphatic rings. The van der Waals surface area contributed by atoms with Crippen LogP contribution >= 0.6 is 0 Å². The quantitative estimate of drug-likeness (QED) is 0.668. The Bertz CT molecular complexity index is 1000. The van der Waals surface area contributed by atoms with E-state index in [1.807, 2.05) is 30.3 Å².